The Morgan fingerprint density at radius 3 is 2.54 bits per heavy atom. The summed E-state index contributed by atoms with van der Waals surface area (Å²) < 4.78 is 16.1. The molecule has 6 nitrogen and oxygen atoms in total. The monoisotopic (exact) mass is 389 g/mol. The molecule has 1 aromatic rings. The van der Waals surface area contributed by atoms with Crippen LogP contribution in [0, 0.1) is 5.92 Å². The van der Waals surface area contributed by atoms with E-state index in [-0.39, 0.29) is 18.6 Å². The van der Waals surface area contributed by atoms with E-state index in [4.69, 9.17) is 14.2 Å². The summed E-state index contributed by atoms with van der Waals surface area (Å²) in [6.45, 7) is 6.75. The number of esters is 1. The number of benzene rings is 1. The summed E-state index contributed by atoms with van der Waals surface area (Å²) >= 11 is 0. The van der Waals surface area contributed by atoms with Crippen LogP contribution in [0.15, 0.2) is 24.3 Å². The lowest BCUT2D eigenvalue weighted by molar-refractivity contribution is -0.144. The van der Waals surface area contributed by atoms with Crippen LogP contribution >= 0.6 is 0 Å². The van der Waals surface area contributed by atoms with Crippen molar-refractivity contribution in [1.82, 2.24) is 5.32 Å². The zero-order valence-electron chi connectivity index (χ0n) is 17.0. The minimum absolute atomic E-state index is 0.177. The third-order valence-corrected chi connectivity index (χ3v) is 4.78. The van der Waals surface area contributed by atoms with Gasteiger partial charge in [-0.1, -0.05) is 25.8 Å². The molecule has 0 aliphatic heterocycles. The molecule has 2 rings (SSSR count). The molecule has 28 heavy (non-hydrogen) atoms. The first-order valence-corrected chi connectivity index (χ1v) is 10.1. The van der Waals surface area contributed by atoms with E-state index in [1.165, 1.54) is 12.5 Å². The lowest BCUT2D eigenvalue weighted by atomic mass is 9.86. The molecule has 1 amide bonds. The van der Waals surface area contributed by atoms with Crippen molar-refractivity contribution < 1.29 is 23.8 Å². The summed E-state index contributed by atoms with van der Waals surface area (Å²) in [5.74, 6) is 0.949. The molecule has 2 atom stereocenters. The molecule has 1 aliphatic carbocycles. The second-order valence-electron chi connectivity index (χ2n) is 6.95. The molecule has 154 valence electrons. The fourth-order valence-corrected chi connectivity index (χ4v) is 3.30. The maximum Gasteiger partial charge on any atom is 0.331 e. The molecule has 0 heterocycles. The van der Waals surface area contributed by atoms with E-state index >= 15 is 0 Å². The highest BCUT2D eigenvalue weighted by Crippen LogP contribution is 2.29. The van der Waals surface area contributed by atoms with Crippen molar-refractivity contribution in [3.63, 3.8) is 0 Å². The van der Waals surface area contributed by atoms with E-state index in [2.05, 4.69) is 12.2 Å². The maximum atomic E-state index is 12.0. The molecule has 0 bridgehead atoms. The molecule has 1 aromatic carbocycles. The Kier molecular flexibility index (Phi) is 8.85. The quantitative estimate of drug-likeness (QED) is 0.514. The number of rotatable bonds is 9. The van der Waals surface area contributed by atoms with Crippen molar-refractivity contribution in [1.29, 1.82) is 0 Å². The SMILES string of the molecule is CCOc1ccc(/C=C/C(=O)OCC(=O)N[C@@H]2CCCC[C@H]2C)cc1OCC. The highest BCUT2D eigenvalue weighted by molar-refractivity contribution is 5.89. The average Bonchev–Trinajstić information content (AvgIpc) is 2.68. The zero-order chi connectivity index (χ0) is 20.4. The number of hydrogen-bond donors (Lipinski definition) is 1. The number of hydrogen-bond acceptors (Lipinski definition) is 5. The van der Waals surface area contributed by atoms with E-state index in [0.29, 0.717) is 30.6 Å². The van der Waals surface area contributed by atoms with Crippen LogP contribution < -0.4 is 14.8 Å². The van der Waals surface area contributed by atoms with E-state index in [1.54, 1.807) is 18.2 Å². The molecule has 0 unspecified atom stereocenters. The summed E-state index contributed by atoms with van der Waals surface area (Å²) in [7, 11) is 0. The van der Waals surface area contributed by atoms with Crippen molar-refractivity contribution >= 4 is 18.0 Å². The van der Waals surface area contributed by atoms with Crippen LogP contribution in [0.4, 0.5) is 0 Å². The van der Waals surface area contributed by atoms with Crippen molar-refractivity contribution in [2.24, 2.45) is 5.92 Å². The largest absolute Gasteiger partial charge is 0.490 e. The first-order valence-electron chi connectivity index (χ1n) is 10.1. The van der Waals surface area contributed by atoms with Gasteiger partial charge in [0.2, 0.25) is 0 Å². The van der Waals surface area contributed by atoms with Crippen molar-refractivity contribution in [2.75, 3.05) is 19.8 Å². The summed E-state index contributed by atoms with van der Waals surface area (Å²) in [4.78, 5) is 23.9. The Hall–Kier alpha value is -2.50. The molecule has 1 N–H and O–H groups in total. The number of carbonyl (C=O) groups excluding carboxylic acids is 2. The van der Waals surface area contributed by atoms with Gasteiger partial charge in [-0.15, -0.1) is 0 Å². The Balaban J connectivity index is 1.84. The van der Waals surface area contributed by atoms with Gasteiger partial charge >= 0.3 is 5.97 Å². The molecular formula is C22H31NO5. The lowest BCUT2D eigenvalue weighted by Crippen LogP contribution is -2.42. The Morgan fingerprint density at radius 2 is 1.82 bits per heavy atom. The molecular weight excluding hydrogens is 358 g/mol. The van der Waals surface area contributed by atoms with Crippen LogP contribution in [0.5, 0.6) is 11.5 Å². The summed E-state index contributed by atoms with van der Waals surface area (Å²) in [5, 5.41) is 2.97. The molecule has 0 saturated heterocycles. The first kappa shape index (κ1) is 21.8. The fourth-order valence-electron chi connectivity index (χ4n) is 3.30. The Bertz CT molecular complexity index is 686. The fraction of sp³-hybridized carbons (Fsp3) is 0.545. The van der Waals surface area contributed by atoms with E-state index < -0.39 is 5.97 Å². The molecule has 0 radical (unpaired) electrons. The normalized spacial score (nSPS) is 19.2. The van der Waals surface area contributed by atoms with Crippen LogP contribution in [0.3, 0.4) is 0 Å². The van der Waals surface area contributed by atoms with Gasteiger partial charge in [0.25, 0.3) is 5.91 Å². The third-order valence-electron chi connectivity index (χ3n) is 4.78. The molecule has 0 aromatic heterocycles. The lowest BCUT2D eigenvalue weighted by Gasteiger charge is -2.29. The smallest absolute Gasteiger partial charge is 0.331 e. The van der Waals surface area contributed by atoms with E-state index in [0.717, 1.165) is 24.8 Å². The van der Waals surface area contributed by atoms with Gasteiger partial charge in [-0.05, 0) is 56.4 Å². The van der Waals surface area contributed by atoms with Crippen molar-refractivity contribution in [2.45, 2.75) is 52.5 Å². The van der Waals surface area contributed by atoms with Crippen molar-refractivity contribution in [3.8, 4) is 11.5 Å². The number of nitrogens with one attached hydrogen (secondary N) is 1. The maximum absolute atomic E-state index is 12.0. The number of amides is 1. The van der Waals surface area contributed by atoms with Crippen LogP contribution in [0.25, 0.3) is 6.08 Å². The molecule has 0 spiro atoms. The van der Waals surface area contributed by atoms with Gasteiger partial charge in [-0.3, -0.25) is 4.79 Å². The molecule has 1 saturated carbocycles. The molecule has 6 heteroatoms. The van der Waals surface area contributed by atoms with Crippen LogP contribution in [-0.2, 0) is 14.3 Å². The predicted molar refractivity (Wildman–Crippen MR) is 108 cm³/mol. The number of carbonyl (C=O) groups is 2. The summed E-state index contributed by atoms with van der Waals surface area (Å²) in [5.41, 5.74) is 0.782. The summed E-state index contributed by atoms with van der Waals surface area (Å²) in [6.07, 6.45) is 7.39. The van der Waals surface area contributed by atoms with E-state index in [9.17, 15) is 9.59 Å². The van der Waals surface area contributed by atoms with Crippen LogP contribution in [0.2, 0.25) is 0 Å². The summed E-state index contributed by atoms with van der Waals surface area (Å²) in [6, 6.07) is 5.61. The third kappa shape index (κ3) is 6.91. The minimum Gasteiger partial charge on any atom is -0.490 e. The van der Waals surface area contributed by atoms with Gasteiger partial charge in [0.05, 0.1) is 13.2 Å². The highest BCUT2D eigenvalue weighted by Gasteiger charge is 2.22. The zero-order valence-corrected chi connectivity index (χ0v) is 17.0. The first-order chi connectivity index (χ1) is 13.5. The topological polar surface area (TPSA) is 73.9 Å². The predicted octanol–water partition coefficient (Wildman–Crippen LogP) is 3.74. The highest BCUT2D eigenvalue weighted by atomic mass is 16.5. The Morgan fingerprint density at radius 1 is 1.11 bits per heavy atom. The average molecular weight is 389 g/mol. The van der Waals surface area contributed by atoms with Crippen LogP contribution in [-0.4, -0.2) is 37.7 Å². The second kappa shape index (κ2) is 11.4. The van der Waals surface area contributed by atoms with Gasteiger partial charge in [-0.25, -0.2) is 4.79 Å². The minimum atomic E-state index is -0.557. The molecule has 1 fully saturated rings. The number of ether oxygens (including phenoxy) is 3. The van der Waals surface area contributed by atoms with Gasteiger partial charge < -0.3 is 19.5 Å². The van der Waals surface area contributed by atoms with Gasteiger partial charge in [-0.2, -0.15) is 0 Å². The van der Waals surface area contributed by atoms with Gasteiger partial charge in [0, 0.05) is 12.1 Å². The van der Waals surface area contributed by atoms with Gasteiger partial charge in [0.1, 0.15) is 0 Å². The van der Waals surface area contributed by atoms with Crippen LogP contribution in [0.1, 0.15) is 52.0 Å². The van der Waals surface area contributed by atoms with Gasteiger partial charge in [0.15, 0.2) is 18.1 Å². The Labute approximate surface area is 167 Å². The van der Waals surface area contributed by atoms with Crippen molar-refractivity contribution in [3.05, 3.63) is 29.8 Å². The standard InChI is InChI=1S/C22H31NO5/c1-4-26-19-12-10-17(14-20(19)27-5-2)11-13-22(25)28-15-21(24)23-18-9-7-6-8-16(18)3/h10-14,16,18H,4-9,15H2,1-3H3,(H,23,24)/b13-11+/t16-,18-/m1/s1. The van der Waals surface area contributed by atoms with E-state index in [1.807, 2.05) is 19.9 Å². The second-order valence-corrected chi connectivity index (χ2v) is 6.95. The molecule has 1 aliphatic rings.